The molecule has 1 N–H and O–H groups in total. The Morgan fingerprint density at radius 3 is 2.61 bits per heavy atom. The van der Waals surface area contributed by atoms with Crippen LogP contribution in [0.4, 0.5) is 19.0 Å². The van der Waals surface area contributed by atoms with Crippen LogP contribution in [0.25, 0.3) is 5.82 Å². The van der Waals surface area contributed by atoms with Gasteiger partial charge in [0.05, 0.1) is 11.3 Å². The van der Waals surface area contributed by atoms with Crippen molar-refractivity contribution in [1.82, 2.24) is 20.0 Å². The minimum absolute atomic E-state index is 0.0379. The molecule has 4 rings (SSSR count). The Labute approximate surface area is 162 Å². The lowest BCUT2D eigenvalue weighted by Crippen LogP contribution is -2.26. The molecule has 6 nitrogen and oxygen atoms in total. The van der Waals surface area contributed by atoms with Crippen LogP contribution in [-0.4, -0.2) is 25.9 Å². The standard InChI is InChI=1S/C18H13ClF3N5O/c1-9-16-11(10-4-2-3-5-12(10)18(20,21)22)8-15(28)23-17(16)27(26-9)14-7-6-13(19)24-25-14/h2-7,11H,8H2,1H3,(H,23,28)/t11-/m0/s1. The van der Waals surface area contributed by atoms with Crippen LogP contribution < -0.4 is 5.32 Å². The number of halogens is 4. The number of hydrogen-bond acceptors (Lipinski definition) is 4. The van der Waals surface area contributed by atoms with Crippen molar-refractivity contribution in [1.29, 1.82) is 0 Å². The molecule has 28 heavy (non-hydrogen) atoms. The molecule has 10 heteroatoms. The predicted molar refractivity (Wildman–Crippen MR) is 95.4 cm³/mol. The number of aromatic nitrogens is 4. The van der Waals surface area contributed by atoms with E-state index >= 15 is 0 Å². The molecule has 0 unspecified atom stereocenters. The molecule has 3 heterocycles. The monoisotopic (exact) mass is 407 g/mol. The zero-order chi connectivity index (χ0) is 20.1. The number of nitrogens with zero attached hydrogens (tertiary/aromatic N) is 4. The molecule has 3 aromatic rings. The molecule has 0 spiro atoms. The Hall–Kier alpha value is -2.94. The van der Waals surface area contributed by atoms with E-state index < -0.39 is 23.6 Å². The van der Waals surface area contributed by atoms with Crippen LogP contribution in [0, 0.1) is 6.92 Å². The molecule has 1 aromatic carbocycles. The van der Waals surface area contributed by atoms with Gasteiger partial charge in [0.2, 0.25) is 5.91 Å². The van der Waals surface area contributed by atoms with Gasteiger partial charge in [0, 0.05) is 17.9 Å². The van der Waals surface area contributed by atoms with Crippen LogP contribution in [0.3, 0.4) is 0 Å². The van der Waals surface area contributed by atoms with Gasteiger partial charge in [-0.2, -0.15) is 23.0 Å². The van der Waals surface area contributed by atoms with Crippen molar-refractivity contribution >= 4 is 23.3 Å². The summed E-state index contributed by atoms with van der Waals surface area (Å²) in [7, 11) is 0. The number of carbonyl (C=O) groups excluding carboxylic acids is 1. The third-order valence-electron chi connectivity index (χ3n) is 4.58. The van der Waals surface area contributed by atoms with Crippen LogP contribution in [0.5, 0.6) is 0 Å². The molecular weight excluding hydrogens is 395 g/mol. The third kappa shape index (κ3) is 3.11. The normalized spacial score (nSPS) is 16.6. The molecule has 0 saturated heterocycles. The summed E-state index contributed by atoms with van der Waals surface area (Å²) in [5.74, 6) is -0.612. The molecule has 1 aliphatic rings. The van der Waals surface area contributed by atoms with E-state index in [1.54, 1.807) is 13.0 Å². The van der Waals surface area contributed by atoms with E-state index in [0.29, 0.717) is 17.1 Å². The molecule has 0 aliphatic carbocycles. The molecule has 0 saturated carbocycles. The second kappa shape index (κ2) is 6.59. The molecule has 0 bridgehead atoms. The second-order valence-corrected chi connectivity index (χ2v) is 6.75. The van der Waals surface area contributed by atoms with Gasteiger partial charge in [0.1, 0.15) is 5.82 Å². The average Bonchev–Trinajstić information content (AvgIpc) is 2.97. The van der Waals surface area contributed by atoms with Crippen LogP contribution in [-0.2, 0) is 11.0 Å². The Morgan fingerprint density at radius 1 is 1.18 bits per heavy atom. The zero-order valence-corrected chi connectivity index (χ0v) is 15.2. The number of amides is 1. The van der Waals surface area contributed by atoms with Crippen molar-refractivity contribution in [2.24, 2.45) is 0 Å². The summed E-state index contributed by atoms with van der Waals surface area (Å²) in [4.78, 5) is 12.3. The molecule has 0 fully saturated rings. The average molecular weight is 408 g/mol. The summed E-state index contributed by atoms with van der Waals surface area (Å²) in [5.41, 5.74) is 0.289. The third-order valence-corrected chi connectivity index (χ3v) is 4.78. The lowest BCUT2D eigenvalue weighted by Gasteiger charge is -2.26. The van der Waals surface area contributed by atoms with E-state index in [4.69, 9.17) is 11.6 Å². The van der Waals surface area contributed by atoms with Crippen molar-refractivity contribution in [3.8, 4) is 5.82 Å². The molecule has 144 valence electrons. The van der Waals surface area contributed by atoms with Crippen molar-refractivity contribution in [3.05, 3.63) is 63.9 Å². The van der Waals surface area contributed by atoms with Gasteiger partial charge in [0.25, 0.3) is 0 Å². The van der Waals surface area contributed by atoms with Gasteiger partial charge in [-0.15, -0.1) is 10.2 Å². The predicted octanol–water partition coefficient (Wildman–Crippen LogP) is 4.12. The van der Waals surface area contributed by atoms with Gasteiger partial charge in [-0.05, 0) is 30.7 Å². The summed E-state index contributed by atoms with van der Waals surface area (Å²) in [6.45, 7) is 1.68. The number of fused-ring (bicyclic) bond motifs is 1. The minimum atomic E-state index is -4.53. The van der Waals surface area contributed by atoms with E-state index in [0.717, 1.165) is 6.07 Å². The highest BCUT2D eigenvalue weighted by molar-refractivity contribution is 6.29. The maximum absolute atomic E-state index is 13.5. The van der Waals surface area contributed by atoms with Crippen molar-refractivity contribution in [2.75, 3.05) is 5.32 Å². The lowest BCUT2D eigenvalue weighted by atomic mass is 9.83. The molecule has 0 radical (unpaired) electrons. The first-order chi connectivity index (χ1) is 13.3. The first-order valence-electron chi connectivity index (χ1n) is 8.31. The molecule has 2 aromatic heterocycles. The number of nitrogens with one attached hydrogen (secondary N) is 1. The molecule has 1 atom stereocenters. The van der Waals surface area contributed by atoms with Crippen LogP contribution in [0.1, 0.15) is 34.7 Å². The maximum Gasteiger partial charge on any atom is 0.416 e. The lowest BCUT2D eigenvalue weighted by molar-refractivity contribution is -0.138. The fourth-order valence-electron chi connectivity index (χ4n) is 3.46. The number of hydrogen-bond donors (Lipinski definition) is 1. The van der Waals surface area contributed by atoms with E-state index in [9.17, 15) is 18.0 Å². The quantitative estimate of drug-likeness (QED) is 0.693. The number of benzene rings is 1. The van der Waals surface area contributed by atoms with Crippen LogP contribution in [0.2, 0.25) is 5.15 Å². The van der Waals surface area contributed by atoms with Crippen LogP contribution >= 0.6 is 11.6 Å². The SMILES string of the molecule is Cc1nn(-c2ccc(Cl)nn2)c2c1[C@H](c1ccccc1C(F)(F)F)CC(=O)N2. The minimum Gasteiger partial charge on any atom is -0.310 e. The molecule has 1 amide bonds. The maximum atomic E-state index is 13.5. The first-order valence-corrected chi connectivity index (χ1v) is 8.68. The highest BCUT2D eigenvalue weighted by Crippen LogP contribution is 2.44. The largest absolute Gasteiger partial charge is 0.416 e. The highest BCUT2D eigenvalue weighted by atomic mass is 35.5. The number of anilines is 1. The van der Waals surface area contributed by atoms with E-state index in [-0.39, 0.29) is 23.0 Å². The van der Waals surface area contributed by atoms with Crippen molar-refractivity contribution < 1.29 is 18.0 Å². The number of carbonyl (C=O) groups is 1. The van der Waals surface area contributed by atoms with Gasteiger partial charge >= 0.3 is 6.18 Å². The van der Waals surface area contributed by atoms with E-state index in [1.807, 2.05) is 0 Å². The zero-order valence-electron chi connectivity index (χ0n) is 14.5. The smallest absolute Gasteiger partial charge is 0.310 e. The first kappa shape index (κ1) is 18.4. The topological polar surface area (TPSA) is 72.7 Å². The summed E-state index contributed by atoms with van der Waals surface area (Å²) >= 11 is 5.75. The number of aryl methyl sites for hydroxylation is 1. The Morgan fingerprint density at radius 2 is 1.93 bits per heavy atom. The van der Waals surface area contributed by atoms with E-state index in [1.165, 1.54) is 28.9 Å². The van der Waals surface area contributed by atoms with Gasteiger partial charge in [-0.1, -0.05) is 29.8 Å². The highest BCUT2D eigenvalue weighted by Gasteiger charge is 2.39. The summed E-state index contributed by atoms with van der Waals surface area (Å²) < 4.78 is 42.0. The van der Waals surface area contributed by atoms with Gasteiger partial charge < -0.3 is 5.32 Å². The summed E-state index contributed by atoms with van der Waals surface area (Å²) in [5, 5.41) is 14.9. The Balaban J connectivity index is 1.90. The fraction of sp³-hybridized carbons (Fsp3) is 0.222. The Kier molecular flexibility index (Phi) is 4.34. The fourth-order valence-corrected chi connectivity index (χ4v) is 3.56. The van der Waals surface area contributed by atoms with Gasteiger partial charge in [-0.3, -0.25) is 4.79 Å². The van der Waals surface area contributed by atoms with Crippen molar-refractivity contribution in [3.63, 3.8) is 0 Å². The number of alkyl halides is 3. The summed E-state index contributed by atoms with van der Waals surface area (Å²) in [6.07, 6.45) is -4.64. The summed E-state index contributed by atoms with van der Waals surface area (Å²) in [6, 6.07) is 8.34. The van der Waals surface area contributed by atoms with Gasteiger partial charge in [0.15, 0.2) is 11.0 Å². The molecule has 1 aliphatic heterocycles. The molecular formula is C18H13ClF3N5O. The Bertz CT molecular complexity index is 1060. The van der Waals surface area contributed by atoms with E-state index in [2.05, 4.69) is 20.6 Å². The number of rotatable bonds is 2. The van der Waals surface area contributed by atoms with Crippen molar-refractivity contribution in [2.45, 2.75) is 25.4 Å². The van der Waals surface area contributed by atoms with Crippen LogP contribution in [0.15, 0.2) is 36.4 Å². The van der Waals surface area contributed by atoms with Gasteiger partial charge in [-0.25, -0.2) is 0 Å². The second-order valence-electron chi connectivity index (χ2n) is 6.36.